The minimum Gasteiger partial charge on any atom is -0.378 e. The number of aromatic nitrogens is 2. The predicted octanol–water partition coefficient (Wildman–Crippen LogP) is 1.13. The molecule has 0 radical (unpaired) electrons. The fourth-order valence-electron chi connectivity index (χ4n) is 3.50. The molecule has 8 heteroatoms. The van der Waals surface area contributed by atoms with Crippen LogP contribution in [0.3, 0.4) is 0 Å². The molecule has 1 amide bonds. The number of nitrogens with zero attached hydrogens (tertiary/aromatic N) is 4. The molecule has 1 aromatic carbocycles. The SMILES string of the molecule is C=CC(=O)Nc1ccc2c(N3CC[C@@H](N)C3)nc(N3CCOCC3)nc2c1. The number of anilines is 3. The highest BCUT2D eigenvalue weighted by Crippen LogP contribution is 2.30. The first-order valence-electron chi connectivity index (χ1n) is 9.22. The molecule has 2 aliphatic rings. The normalized spacial score (nSPS) is 20.1. The molecule has 1 aromatic heterocycles. The van der Waals surface area contributed by atoms with Gasteiger partial charge in [-0.05, 0) is 30.7 Å². The number of hydrogen-bond acceptors (Lipinski definition) is 7. The highest BCUT2D eigenvalue weighted by Gasteiger charge is 2.24. The van der Waals surface area contributed by atoms with Crippen LogP contribution in [-0.4, -0.2) is 61.3 Å². The van der Waals surface area contributed by atoms with E-state index >= 15 is 0 Å². The summed E-state index contributed by atoms with van der Waals surface area (Å²) >= 11 is 0. The molecule has 2 aliphatic heterocycles. The van der Waals surface area contributed by atoms with Gasteiger partial charge in [0.25, 0.3) is 0 Å². The zero-order valence-electron chi connectivity index (χ0n) is 15.2. The topological polar surface area (TPSA) is 96.6 Å². The van der Waals surface area contributed by atoms with Gasteiger partial charge in [0.05, 0.1) is 18.7 Å². The van der Waals surface area contributed by atoms with Gasteiger partial charge in [0.15, 0.2) is 0 Å². The van der Waals surface area contributed by atoms with Gasteiger partial charge in [-0.1, -0.05) is 6.58 Å². The van der Waals surface area contributed by atoms with Crippen molar-refractivity contribution < 1.29 is 9.53 Å². The number of morpholine rings is 1. The summed E-state index contributed by atoms with van der Waals surface area (Å²) < 4.78 is 5.45. The number of benzene rings is 1. The van der Waals surface area contributed by atoms with Gasteiger partial charge in [-0.25, -0.2) is 4.98 Å². The van der Waals surface area contributed by atoms with Gasteiger partial charge in [-0.2, -0.15) is 4.98 Å². The van der Waals surface area contributed by atoms with E-state index in [-0.39, 0.29) is 11.9 Å². The molecule has 142 valence electrons. The number of nitrogens with two attached hydrogens (primary N) is 1. The van der Waals surface area contributed by atoms with Crippen molar-refractivity contribution in [3.05, 3.63) is 30.9 Å². The van der Waals surface area contributed by atoms with E-state index in [1.54, 1.807) is 0 Å². The van der Waals surface area contributed by atoms with Crippen LogP contribution in [0.4, 0.5) is 17.5 Å². The Bertz CT molecular complexity index is 865. The van der Waals surface area contributed by atoms with Gasteiger partial charge >= 0.3 is 0 Å². The zero-order chi connectivity index (χ0) is 18.8. The standard InChI is InChI=1S/C19H24N6O2/c1-2-17(26)21-14-3-4-15-16(11-14)22-19(24-7-9-27-10-8-24)23-18(15)25-6-5-13(20)12-25/h2-4,11,13H,1,5-10,12,20H2,(H,21,26)/t13-/m1/s1. The van der Waals surface area contributed by atoms with Gasteiger partial charge in [0.1, 0.15) is 5.82 Å². The first-order valence-corrected chi connectivity index (χ1v) is 9.22. The van der Waals surface area contributed by atoms with Gasteiger partial charge in [-0.3, -0.25) is 4.79 Å². The quantitative estimate of drug-likeness (QED) is 0.781. The Morgan fingerprint density at radius 1 is 1.26 bits per heavy atom. The van der Waals surface area contributed by atoms with Crippen LogP contribution in [0.25, 0.3) is 10.9 Å². The number of ether oxygens (including phenoxy) is 1. The Hall–Kier alpha value is -2.71. The summed E-state index contributed by atoms with van der Waals surface area (Å²) in [6, 6.07) is 5.85. The Labute approximate surface area is 158 Å². The van der Waals surface area contributed by atoms with Gasteiger partial charge in [0.2, 0.25) is 11.9 Å². The van der Waals surface area contributed by atoms with Gasteiger partial charge < -0.3 is 25.6 Å². The van der Waals surface area contributed by atoms with E-state index in [2.05, 4.69) is 21.7 Å². The van der Waals surface area contributed by atoms with Crippen LogP contribution in [0.15, 0.2) is 30.9 Å². The molecule has 4 rings (SSSR count). The summed E-state index contributed by atoms with van der Waals surface area (Å²) in [6.07, 6.45) is 2.20. The van der Waals surface area contributed by atoms with E-state index in [4.69, 9.17) is 20.4 Å². The molecule has 0 aliphatic carbocycles. The maximum absolute atomic E-state index is 11.6. The Morgan fingerprint density at radius 3 is 2.78 bits per heavy atom. The van der Waals surface area contributed by atoms with Crippen molar-refractivity contribution in [2.24, 2.45) is 5.73 Å². The Morgan fingerprint density at radius 2 is 2.07 bits per heavy atom. The lowest BCUT2D eigenvalue weighted by atomic mass is 10.2. The lowest BCUT2D eigenvalue weighted by molar-refractivity contribution is -0.111. The smallest absolute Gasteiger partial charge is 0.247 e. The number of nitrogens with one attached hydrogen (secondary N) is 1. The molecule has 2 fully saturated rings. The summed E-state index contributed by atoms with van der Waals surface area (Å²) in [5.41, 5.74) is 7.59. The van der Waals surface area contributed by atoms with E-state index in [0.717, 1.165) is 49.3 Å². The molecule has 27 heavy (non-hydrogen) atoms. The first-order chi connectivity index (χ1) is 13.1. The zero-order valence-corrected chi connectivity index (χ0v) is 15.2. The third kappa shape index (κ3) is 3.72. The van der Waals surface area contributed by atoms with Crippen LogP contribution in [0.1, 0.15) is 6.42 Å². The average Bonchev–Trinajstić information content (AvgIpc) is 3.13. The highest BCUT2D eigenvalue weighted by atomic mass is 16.5. The number of amides is 1. The summed E-state index contributed by atoms with van der Waals surface area (Å²) in [7, 11) is 0. The van der Waals surface area contributed by atoms with E-state index in [9.17, 15) is 4.79 Å². The molecule has 0 bridgehead atoms. The molecule has 0 unspecified atom stereocenters. The van der Waals surface area contributed by atoms with Crippen molar-refractivity contribution in [2.45, 2.75) is 12.5 Å². The monoisotopic (exact) mass is 368 g/mol. The van der Waals surface area contributed by atoms with E-state index in [1.807, 2.05) is 18.2 Å². The van der Waals surface area contributed by atoms with Crippen LogP contribution in [0.2, 0.25) is 0 Å². The maximum atomic E-state index is 11.6. The second-order valence-corrected chi connectivity index (χ2v) is 6.87. The molecule has 2 saturated heterocycles. The van der Waals surface area contributed by atoms with E-state index in [0.29, 0.717) is 24.8 Å². The Kier molecular flexibility index (Phi) is 4.91. The van der Waals surface area contributed by atoms with Crippen LogP contribution in [0, 0.1) is 0 Å². The average molecular weight is 368 g/mol. The van der Waals surface area contributed by atoms with Crippen LogP contribution in [0.5, 0.6) is 0 Å². The molecule has 0 saturated carbocycles. The number of carbonyl (C=O) groups excluding carboxylic acids is 1. The van der Waals surface area contributed by atoms with E-state index < -0.39 is 0 Å². The van der Waals surface area contributed by atoms with Crippen molar-refractivity contribution >= 4 is 34.3 Å². The Balaban J connectivity index is 1.77. The third-order valence-corrected chi connectivity index (χ3v) is 4.94. The summed E-state index contributed by atoms with van der Waals surface area (Å²) in [6.45, 7) is 8.01. The van der Waals surface area contributed by atoms with Gasteiger partial charge in [-0.15, -0.1) is 0 Å². The third-order valence-electron chi connectivity index (χ3n) is 4.94. The summed E-state index contributed by atoms with van der Waals surface area (Å²) in [5.74, 6) is 1.34. The molecular weight excluding hydrogens is 344 g/mol. The number of carbonyl (C=O) groups is 1. The lowest BCUT2D eigenvalue weighted by Gasteiger charge is -2.28. The van der Waals surface area contributed by atoms with Crippen molar-refractivity contribution in [1.29, 1.82) is 0 Å². The molecule has 3 heterocycles. The summed E-state index contributed by atoms with van der Waals surface area (Å²) in [5, 5.41) is 3.75. The molecule has 8 nitrogen and oxygen atoms in total. The van der Waals surface area contributed by atoms with E-state index in [1.165, 1.54) is 6.08 Å². The van der Waals surface area contributed by atoms with Crippen LogP contribution >= 0.6 is 0 Å². The molecule has 3 N–H and O–H groups in total. The fraction of sp³-hybridized carbons (Fsp3) is 0.421. The van der Waals surface area contributed by atoms with Gasteiger partial charge in [0, 0.05) is 43.3 Å². The summed E-state index contributed by atoms with van der Waals surface area (Å²) in [4.78, 5) is 25.6. The number of hydrogen-bond donors (Lipinski definition) is 2. The van der Waals surface area contributed by atoms with Crippen molar-refractivity contribution in [3.8, 4) is 0 Å². The van der Waals surface area contributed by atoms with Crippen molar-refractivity contribution in [1.82, 2.24) is 9.97 Å². The molecular formula is C19H24N6O2. The minimum absolute atomic E-state index is 0.160. The van der Waals surface area contributed by atoms with Crippen LogP contribution < -0.4 is 20.9 Å². The lowest BCUT2D eigenvalue weighted by Crippen LogP contribution is -2.37. The van der Waals surface area contributed by atoms with Crippen molar-refractivity contribution in [3.63, 3.8) is 0 Å². The molecule has 1 atom stereocenters. The minimum atomic E-state index is -0.248. The molecule has 2 aromatic rings. The maximum Gasteiger partial charge on any atom is 0.247 e. The fourth-order valence-corrected chi connectivity index (χ4v) is 3.50. The number of rotatable bonds is 4. The van der Waals surface area contributed by atoms with Crippen molar-refractivity contribution in [2.75, 3.05) is 54.5 Å². The van der Waals surface area contributed by atoms with Crippen LogP contribution in [-0.2, 0) is 9.53 Å². The second-order valence-electron chi connectivity index (χ2n) is 6.87. The first kappa shape index (κ1) is 17.7. The predicted molar refractivity (Wildman–Crippen MR) is 106 cm³/mol. The number of fused-ring (bicyclic) bond motifs is 1. The molecule has 0 spiro atoms. The highest BCUT2D eigenvalue weighted by molar-refractivity contribution is 6.01. The second kappa shape index (κ2) is 7.50. The largest absolute Gasteiger partial charge is 0.378 e.